The van der Waals surface area contributed by atoms with E-state index in [0.717, 1.165) is 38.1 Å². The molecule has 82 heavy (non-hydrogen) atoms. The lowest BCUT2D eigenvalue weighted by Crippen LogP contribution is -2.52. The lowest BCUT2D eigenvalue weighted by molar-refractivity contribution is -0.391. The SMILES string of the molecule is CC1(C)OB(B2OC(C)(C)C(C)(C)O2)OC1(C)C.Cc1nn(C)c(F)c1C(=O)Nc1ccccc1-c1ccc2c(c1)OC(F)(F)C(F)(F)O2.Cc1nn(C)c(F)c1C(=O)Nc1ccccc1Br.FC1(F)Oc2ccc(Br)cc2OC1(F)F. The third-order valence-electron chi connectivity index (χ3n) is 13.6. The van der Waals surface area contributed by atoms with Gasteiger partial charge >= 0.3 is 38.5 Å². The van der Waals surface area contributed by atoms with Crippen molar-refractivity contribution in [1.82, 2.24) is 19.6 Å². The van der Waals surface area contributed by atoms with Gasteiger partial charge in [-0.2, -0.15) is 54.1 Å². The average Bonchev–Trinajstić information content (AvgIpc) is 3.71. The summed E-state index contributed by atoms with van der Waals surface area (Å²) in [4.78, 5) is 24.6. The Labute approximate surface area is 480 Å². The number of nitrogens with one attached hydrogen (secondary N) is 2. The quantitative estimate of drug-likeness (QED) is 0.120. The van der Waals surface area contributed by atoms with Crippen molar-refractivity contribution in [3.8, 4) is 34.1 Å². The fourth-order valence-corrected chi connectivity index (χ4v) is 8.55. The molecule has 2 aromatic heterocycles. The number of anilines is 2. The minimum atomic E-state index is -4.86. The molecule has 16 nitrogen and oxygen atoms in total. The van der Waals surface area contributed by atoms with E-state index < -0.39 is 85.2 Å². The minimum Gasteiger partial charge on any atom is -0.421 e. The van der Waals surface area contributed by atoms with E-state index in [1.807, 2.05) is 61.5 Å². The van der Waals surface area contributed by atoms with Crippen LogP contribution < -0.4 is 29.6 Å². The summed E-state index contributed by atoms with van der Waals surface area (Å²) >= 11 is 6.30. The maximum absolute atomic E-state index is 14.2. The summed E-state index contributed by atoms with van der Waals surface area (Å²) in [5.41, 5.74) is 0.249. The number of nitrogens with zero attached hydrogens (tertiary/aromatic N) is 4. The number of aryl methyl sites for hydroxylation is 4. The Bertz CT molecular complexity index is 3340. The number of ether oxygens (including phenoxy) is 4. The Balaban J connectivity index is 0.000000165. The Hall–Kier alpha value is -6.33. The van der Waals surface area contributed by atoms with Crippen LogP contribution in [0.5, 0.6) is 23.0 Å². The summed E-state index contributed by atoms with van der Waals surface area (Å²) in [5, 5.41) is 12.9. The van der Waals surface area contributed by atoms with Crippen molar-refractivity contribution in [3.63, 3.8) is 0 Å². The van der Waals surface area contributed by atoms with Gasteiger partial charge in [0.15, 0.2) is 23.0 Å². The van der Waals surface area contributed by atoms with Crippen molar-refractivity contribution in [3.05, 3.63) is 128 Å². The van der Waals surface area contributed by atoms with Crippen molar-refractivity contribution >= 4 is 69.1 Å². The number of alkyl halides is 8. The van der Waals surface area contributed by atoms with Crippen LogP contribution in [0.1, 0.15) is 87.5 Å². The molecule has 4 aliphatic heterocycles. The van der Waals surface area contributed by atoms with E-state index in [1.165, 1.54) is 39.2 Å². The molecule has 0 unspecified atom stereocenters. The largest absolute Gasteiger partial charge is 0.507 e. The van der Waals surface area contributed by atoms with Gasteiger partial charge in [0, 0.05) is 34.3 Å². The first-order valence-electron chi connectivity index (χ1n) is 24.5. The van der Waals surface area contributed by atoms with E-state index in [4.69, 9.17) is 18.6 Å². The van der Waals surface area contributed by atoms with Crippen LogP contribution in [-0.4, -0.2) is 92.2 Å². The highest BCUT2D eigenvalue weighted by atomic mass is 79.9. The summed E-state index contributed by atoms with van der Waals surface area (Å²) in [7, 11) is 1.85. The third-order valence-corrected chi connectivity index (χ3v) is 14.8. The first-order valence-corrected chi connectivity index (χ1v) is 26.1. The molecule has 0 radical (unpaired) electrons. The van der Waals surface area contributed by atoms with Crippen molar-refractivity contribution in [2.45, 2.75) is 116 Å². The van der Waals surface area contributed by atoms with E-state index in [2.05, 4.69) is 71.6 Å². The molecule has 0 bridgehead atoms. The van der Waals surface area contributed by atoms with Gasteiger partial charge in [0.05, 0.1) is 39.5 Å². The number of carbonyl (C=O) groups excluding carboxylic acids is 2. The number of amides is 2. The molecule has 30 heteroatoms. The molecule has 2 saturated heterocycles. The van der Waals surface area contributed by atoms with Crippen LogP contribution in [0, 0.1) is 25.7 Å². The summed E-state index contributed by atoms with van der Waals surface area (Å²) in [6, 6.07) is 20.5. The topological polar surface area (TPSA) is 168 Å². The van der Waals surface area contributed by atoms with Crippen LogP contribution in [0.4, 0.5) is 55.3 Å². The number of hydrogen-bond donors (Lipinski definition) is 2. The predicted molar refractivity (Wildman–Crippen MR) is 286 cm³/mol. The molecule has 2 N–H and O–H groups in total. The van der Waals surface area contributed by atoms with Gasteiger partial charge in [-0.05, 0) is 139 Å². The van der Waals surface area contributed by atoms with E-state index in [-0.39, 0.29) is 50.5 Å². The molecule has 4 aromatic carbocycles. The lowest BCUT2D eigenvalue weighted by Gasteiger charge is -2.32. The van der Waals surface area contributed by atoms with Crippen LogP contribution in [0.3, 0.4) is 0 Å². The van der Waals surface area contributed by atoms with E-state index >= 15 is 0 Å². The zero-order valence-electron chi connectivity index (χ0n) is 45.6. The van der Waals surface area contributed by atoms with Crippen LogP contribution in [-0.2, 0) is 32.7 Å². The number of carbonyl (C=O) groups is 2. The van der Waals surface area contributed by atoms with Crippen LogP contribution in [0.15, 0.2) is 93.9 Å². The van der Waals surface area contributed by atoms with Gasteiger partial charge in [0.25, 0.3) is 11.8 Å². The maximum Gasteiger partial charge on any atom is 0.507 e. The number of aromatic nitrogens is 4. The predicted octanol–water partition coefficient (Wildman–Crippen LogP) is 13.3. The molecular weight excluding hydrogens is 1240 g/mol. The zero-order valence-corrected chi connectivity index (χ0v) is 48.8. The molecule has 0 aliphatic carbocycles. The molecule has 0 saturated carbocycles. The fourth-order valence-electron chi connectivity index (χ4n) is 7.83. The van der Waals surface area contributed by atoms with Crippen LogP contribution in [0.2, 0.25) is 0 Å². The van der Waals surface area contributed by atoms with Gasteiger partial charge in [-0.25, -0.2) is 9.36 Å². The average molecular weight is 1290 g/mol. The zero-order chi connectivity index (χ0) is 61.1. The number of halogens is 12. The highest BCUT2D eigenvalue weighted by Crippen LogP contribution is 2.50. The van der Waals surface area contributed by atoms with Crippen molar-refractivity contribution in [1.29, 1.82) is 0 Å². The summed E-state index contributed by atoms with van der Waals surface area (Å²) < 4.78 is 175. The summed E-state index contributed by atoms with van der Waals surface area (Å²) in [6.07, 6.45) is -19.0. The molecule has 440 valence electrons. The van der Waals surface area contributed by atoms with E-state index in [9.17, 15) is 53.5 Å². The van der Waals surface area contributed by atoms with Crippen molar-refractivity contribution in [2.75, 3.05) is 10.6 Å². The normalized spacial score (nSPS) is 19.3. The molecule has 2 fully saturated rings. The maximum atomic E-state index is 14.2. The molecule has 6 heterocycles. The molecular formula is C52H52B2Br2F10N6O10. The fraction of sp³-hybridized carbons (Fsp3) is 0.385. The second-order valence-corrected chi connectivity index (χ2v) is 22.4. The monoisotopic (exact) mass is 1290 g/mol. The third kappa shape index (κ3) is 12.9. The highest BCUT2D eigenvalue weighted by molar-refractivity contribution is 9.10. The molecule has 0 spiro atoms. The van der Waals surface area contributed by atoms with E-state index in [1.54, 1.807) is 43.3 Å². The number of rotatable bonds is 6. The lowest BCUT2D eigenvalue weighted by atomic mass is 9.49. The second kappa shape index (κ2) is 22.7. The summed E-state index contributed by atoms with van der Waals surface area (Å²) in [5.74, 6) is -4.75. The molecule has 2 amide bonds. The van der Waals surface area contributed by atoms with Gasteiger partial charge in [-0.3, -0.25) is 9.59 Å². The van der Waals surface area contributed by atoms with Gasteiger partial charge in [-0.1, -0.05) is 52.3 Å². The van der Waals surface area contributed by atoms with E-state index in [0.29, 0.717) is 21.4 Å². The van der Waals surface area contributed by atoms with Gasteiger partial charge < -0.3 is 48.2 Å². The number of benzene rings is 4. The Kier molecular flexibility index (Phi) is 17.5. The Morgan fingerprint density at radius 2 is 0.854 bits per heavy atom. The number of fused-ring (bicyclic) bond motifs is 2. The molecule has 10 rings (SSSR count). The first kappa shape index (κ1) is 63.3. The number of hydrogen-bond acceptors (Lipinski definition) is 12. The minimum absolute atomic E-state index is 0.0340. The van der Waals surface area contributed by atoms with Gasteiger partial charge in [-0.15, -0.1) is 0 Å². The van der Waals surface area contributed by atoms with Crippen LogP contribution >= 0.6 is 31.9 Å². The summed E-state index contributed by atoms with van der Waals surface area (Å²) in [6.45, 7) is 19.3. The molecule has 0 atom stereocenters. The molecule has 6 aromatic rings. The smallest absolute Gasteiger partial charge is 0.421 e. The van der Waals surface area contributed by atoms with Crippen molar-refractivity contribution < 1.29 is 91.1 Å². The van der Waals surface area contributed by atoms with Gasteiger partial charge in [0.2, 0.25) is 11.9 Å². The van der Waals surface area contributed by atoms with Crippen LogP contribution in [0.25, 0.3) is 11.1 Å². The molecule has 4 aliphatic rings. The standard InChI is InChI=1S/C20H14F5N3O3.C12H24B2O4.C12H11BrFN3O.C8H3BrF4O2/c1-10-16(17(21)28(2)27-10)18(29)26-13-6-4-3-5-12(13)11-7-8-14-15(9-11)31-20(24,25)19(22,23)30-14;1-9(2)10(3,4)16-13(15-9)14-17-11(5,6)12(7,8)18-14;1-7-10(11(14)17(2)16-7)12(18)15-9-6-4-3-5-8(9)13;9-4-1-2-5-6(3-4)15-8(12,13)7(10,11)14-5/h3-9H,1-2H3,(H,26,29);1-8H3;3-6H,1-2H3,(H,15,18);1-3H. The Morgan fingerprint density at radius 3 is 1.26 bits per heavy atom. The van der Waals surface area contributed by atoms with Crippen molar-refractivity contribution in [2.24, 2.45) is 14.1 Å². The first-order chi connectivity index (χ1) is 37.7. The highest BCUT2D eigenvalue weighted by Gasteiger charge is 2.67. The van der Waals surface area contributed by atoms with Gasteiger partial charge in [0.1, 0.15) is 11.1 Å². The number of para-hydroxylation sites is 2. The Morgan fingerprint density at radius 1 is 0.500 bits per heavy atom. The second-order valence-electron chi connectivity index (χ2n) is 20.7.